The van der Waals surface area contributed by atoms with Crippen molar-refractivity contribution in [3.05, 3.63) is 42.1 Å². The minimum atomic E-state index is 0.473. The molecular weight excluding hydrogens is 370 g/mol. The second kappa shape index (κ2) is 8.17. The summed E-state index contributed by atoms with van der Waals surface area (Å²) in [5.74, 6) is 2.96. The molecule has 0 radical (unpaired) electrons. The molecule has 0 aliphatic carbocycles. The van der Waals surface area contributed by atoms with Crippen LogP contribution in [0.25, 0.3) is 22.0 Å². The summed E-state index contributed by atoms with van der Waals surface area (Å²) in [5, 5.41) is 2.13. The number of nitrogens with zero attached hydrogens (tertiary/aromatic N) is 1. The van der Waals surface area contributed by atoms with E-state index in [-0.39, 0.29) is 0 Å². The second-order valence-corrected chi connectivity index (χ2v) is 6.91. The molecule has 1 aliphatic heterocycles. The fourth-order valence-corrected chi connectivity index (χ4v) is 3.89. The molecule has 0 amide bonds. The Morgan fingerprint density at radius 1 is 0.862 bits per heavy atom. The zero-order chi connectivity index (χ0) is 20.4. The maximum Gasteiger partial charge on any atom is 0.213 e. The van der Waals surface area contributed by atoms with Crippen molar-refractivity contribution < 1.29 is 28.3 Å². The van der Waals surface area contributed by atoms with Crippen LogP contribution < -0.4 is 23.5 Å². The number of fused-ring (bicyclic) bond motifs is 4. The van der Waals surface area contributed by atoms with Gasteiger partial charge in [-0.05, 0) is 35.2 Å². The van der Waals surface area contributed by atoms with E-state index in [4.69, 9.17) is 23.7 Å². The lowest BCUT2D eigenvalue weighted by Gasteiger charge is -2.19. The number of aromatic nitrogens is 1. The van der Waals surface area contributed by atoms with Crippen molar-refractivity contribution in [3.8, 4) is 34.3 Å². The van der Waals surface area contributed by atoms with Crippen molar-refractivity contribution in [2.75, 3.05) is 41.7 Å². The number of methoxy groups -OCH3 is 4. The van der Waals surface area contributed by atoms with E-state index in [2.05, 4.69) is 35.0 Å². The summed E-state index contributed by atoms with van der Waals surface area (Å²) in [5.41, 5.74) is 3.55. The summed E-state index contributed by atoms with van der Waals surface area (Å²) < 4.78 is 29.9. The standard InChI is InChI=1S/C23H26NO5/c1-25-9-10-29-22-13-17-16(12-21(22)27-3)7-8-24-14-18-15(11-19(17)24)5-6-20(26-2)23(18)28-4/h5-6,11-14H,7-10H2,1-4H3/q+1. The molecule has 1 aliphatic rings. The normalized spacial score (nSPS) is 12.3. The molecule has 0 fully saturated rings. The molecule has 4 rings (SSSR count). The Labute approximate surface area is 170 Å². The Morgan fingerprint density at radius 3 is 2.41 bits per heavy atom. The average molecular weight is 396 g/mol. The van der Waals surface area contributed by atoms with Gasteiger partial charge in [-0.1, -0.05) is 0 Å². The third-order valence-corrected chi connectivity index (χ3v) is 5.34. The Balaban J connectivity index is 1.84. The van der Waals surface area contributed by atoms with Gasteiger partial charge in [-0.3, -0.25) is 0 Å². The Kier molecular flexibility index (Phi) is 5.45. The first-order chi connectivity index (χ1) is 14.2. The first-order valence-corrected chi connectivity index (χ1v) is 9.61. The minimum Gasteiger partial charge on any atom is -0.493 e. The molecule has 0 unspecified atom stereocenters. The number of aryl methyl sites for hydroxylation is 2. The molecule has 152 valence electrons. The maximum atomic E-state index is 5.91. The first-order valence-electron chi connectivity index (χ1n) is 9.61. The molecule has 3 aromatic rings. The second-order valence-electron chi connectivity index (χ2n) is 6.91. The quantitative estimate of drug-likeness (QED) is 0.453. The van der Waals surface area contributed by atoms with Gasteiger partial charge in [0.2, 0.25) is 5.69 Å². The summed E-state index contributed by atoms with van der Waals surface area (Å²) in [6, 6.07) is 10.3. The van der Waals surface area contributed by atoms with Crippen LogP contribution in [-0.2, 0) is 17.7 Å². The molecule has 0 saturated carbocycles. The Bertz CT molecular complexity index is 1050. The van der Waals surface area contributed by atoms with Gasteiger partial charge in [0.15, 0.2) is 35.7 Å². The lowest BCUT2D eigenvalue weighted by Crippen LogP contribution is -2.40. The minimum absolute atomic E-state index is 0.473. The first kappa shape index (κ1) is 19.3. The highest BCUT2D eigenvalue weighted by molar-refractivity contribution is 5.91. The number of ether oxygens (including phenoxy) is 5. The molecular formula is C23H26NO5+. The summed E-state index contributed by atoms with van der Waals surface area (Å²) in [6.45, 7) is 1.88. The number of hydrogen-bond acceptors (Lipinski definition) is 5. The third-order valence-electron chi connectivity index (χ3n) is 5.34. The number of rotatable bonds is 7. The van der Waals surface area contributed by atoms with E-state index < -0.39 is 0 Å². The van der Waals surface area contributed by atoms with Crippen LogP contribution in [0.2, 0.25) is 0 Å². The van der Waals surface area contributed by atoms with Crippen molar-refractivity contribution in [1.82, 2.24) is 0 Å². The van der Waals surface area contributed by atoms with Gasteiger partial charge in [0.05, 0.1) is 38.9 Å². The molecule has 29 heavy (non-hydrogen) atoms. The van der Waals surface area contributed by atoms with Crippen LogP contribution in [0.3, 0.4) is 0 Å². The lowest BCUT2D eigenvalue weighted by atomic mass is 9.95. The van der Waals surface area contributed by atoms with Crippen LogP contribution in [-0.4, -0.2) is 41.7 Å². The zero-order valence-electron chi connectivity index (χ0n) is 17.3. The van der Waals surface area contributed by atoms with Gasteiger partial charge >= 0.3 is 0 Å². The van der Waals surface area contributed by atoms with Gasteiger partial charge in [0.1, 0.15) is 6.61 Å². The molecule has 0 bridgehead atoms. The van der Waals surface area contributed by atoms with Crippen LogP contribution in [0.5, 0.6) is 23.0 Å². The Hall–Kier alpha value is -2.99. The van der Waals surface area contributed by atoms with Crippen LogP contribution >= 0.6 is 0 Å². The molecule has 1 aromatic heterocycles. The van der Waals surface area contributed by atoms with Crippen LogP contribution in [0.15, 0.2) is 36.5 Å². The predicted octanol–water partition coefficient (Wildman–Crippen LogP) is 3.40. The SMILES string of the molecule is COCCOc1cc2c(cc1OC)CC[n+]1cc3c(OC)c(OC)ccc3cc1-2. The topological polar surface area (TPSA) is 50.0 Å². The highest BCUT2D eigenvalue weighted by atomic mass is 16.5. The summed E-state index contributed by atoms with van der Waals surface area (Å²) in [4.78, 5) is 0. The molecule has 0 saturated heterocycles. The molecule has 6 heteroatoms. The van der Waals surface area contributed by atoms with Gasteiger partial charge in [-0.15, -0.1) is 0 Å². The molecule has 0 N–H and O–H groups in total. The highest BCUT2D eigenvalue weighted by Gasteiger charge is 2.27. The van der Waals surface area contributed by atoms with Crippen LogP contribution in [0.4, 0.5) is 0 Å². The van der Waals surface area contributed by atoms with Crippen molar-refractivity contribution in [2.24, 2.45) is 0 Å². The van der Waals surface area contributed by atoms with E-state index in [1.165, 1.54) is 5.56 Å². The number of pyridine rings is 1. The molecule has 0 atom stereocenters. The highest BCUT2D eigenvalue weighted by Crippen LogP contribution is 2.40. The van der Waals surface area contributed by atoms with Gasteiger partial charge < -0.3 is 23.7 Å². The van der Waals surface area contributed by atoms with Gasteiger partial charge in [-0.25, -0.2) is 0 Å². The largest absolute Gasteiger partial charge is 0.493 e. The van der Waals surface area contributed by atoms with Crippen molar-refractivity contribution in [3.63, 3.8) is 0 Å². The monoisotopic (exact) mass is 396 g/mol. The lowest BCUT2D eigenvalue weighted by molar-refractivity contribution is -0.686. The van der Waals surface area contributed by atoms with Gasteiger partial charge in [0, 0.05) is 19.6 Å². The molecule has 0 spiro atoms. The average Bonchev–Trinajstić information content (AvgIpc) is 2.76. The fraction of sp³-hybridized carbons (Fsp3) is 0.348. The predicted molar refractivity (Wildman–Crippen MR) is 110 cm³/mol. The van der Waals surface area contributed by atoms with E-state index in [9.17, 15) is 0 Å². The molecule has 2 aromatic carbocycles. The van der Waals surface area contributed by atoms with E-state index in [1.54, 1.807) is 28.4 Å². The van der Waals surface area contributed by atoms with E-state index in [0.29, 0.717) is 13.2 Å². The third kappa shape index (κ3) is 3.44. The van der Waals surface area contributed by atoms with Crippen LogP contribution in [0.1, 0.15) is 5.56 Å². The van der Waals surface area contributed by atoms with Gasteiger partial charge in [-0.2, -0.15) is 4.57 Å². The summed E-state index contributed by atoms with van der Waals surface area (Å²) in [7, 11) is 6.66. The number of benzene rings is 2. The van der Waals surface area contributed by atoms with E-state index >= 15 is 0 Å². The van der Waals surface area contributed by atoms with Crippen molar-refractivity contribution >= 4 is 10.8 Å². The summed E-state index contributed by atoms with van der Waals surface area (Å²) in [6.07, 6.45) is 3.06. The Morgan fingerprint density at radius 2 is 1.69 bits per heavy atom. The summed E-state index contributed by atoms with van der Waals surface area (Å²) >= 11 is 0. The van der Waals surface area contributed by atoms with Crippen LogP contribution in [0, 0.1) is 0 Å². The van der Waals surface area contributed by atoms with Gasteiger partial charge in [0.25, 0.3) is 0 Å². The zero-order valence-corrected chi connectivity index (χ0v) is 17.3. The fourth-order valence-electron chi connectivity index (χ4n) is 3.89. The molecule has 2 heterocycles. The smallest absolute Gasteiger partial charge is 0.213 e. The van der Waals surface area contributed by atoms with E-state index in [0.717, 1.165) is 58.0 Å². The maximum absolute atomic E-state index is 5.91. The number of hydrogen-bond donors (Lipinski definition) is 0. The van der Waals surface area contributed by atoms with Crippen molar-refractivity contribution in [1.29, 1.82) is 0 Å². The van der Waals surface area contributed by atoms with E-state index in [1.807, 2.05) is 6.07 Å². The van der Waals surface area contributed by atoms with Crippen molar-refractivity contribution in [2.45, 2.75) is 13.0 Å². The molecule has 6 nitrogen and oxygen atoms in total.